The highest BCUT2D eigenvalue weighted by atomic mass is 32.2. The minimum absolute atomic E-state index is 0.0399. The van der Waals surface area contributed by atoms with Crippen molar-refractivity contribution in [3.8, 4) is 0 Å². The summed E-state index contributed by atoms with van der Waals surface area (Å²) in [6.07, 6.45) is -1.49. The maximum atomic E-state index is 13.7. The second kappa shape index (κ2) is 7.98. The number of piperidine rings is 1. The summed E-state index contributed by atoms with van der Waals surface area (Å²) in [4.78, 5) is 0. The van der Waals surface area contributed by atoms with Gasteiger partial charge in [0.05, 0.1) is 5.69 Å². The van der Waals surface area contributed by atoms with E-state index in [2.05, 4.69) is 10.4 Å². The summed E-state index contributed by atoms with van der Waals surface area (Å²) in [6.45, 7) is 5.70. The molecule has 2 atom stereocenters. The molecule has 3 aliphatic rings. The molecule has 0 amide bonds. The Labute approximate surface area is 175 Å². The first kappa shape index (κ1) is 21.9. The van der Waals surface area contributed by atoms with Crippen molar-refractivity contribution in [2.24, 2.45) is 5.92 Å². The first-order chi connectivity index (χ1) is 14.1. The fraction of sp³-hybridized carbons (Fsp3) is 0.842. The van der Waals surface area contributed by atoms with Crippen molar-refractivity contribution in [2.45, 2.75) is 70.1 Å². The van der Waals surface area contributed by atoms with E-state index in [1.54, 1.807) is 6.07 Å². The van der Waals surface area contributed by atoms with Gasteiger partial charge in [-0.05, 0) is 38.0 Å². The van der Waals surface area contributed by atoms with Crippen molar-refractivity contribution >= 4 is 16.0 Å². The van der Waals surface area contributed by atoms with Crippen molar-refractivity contribution in [3.63, 3.8) is 0 Å². The number of fused-ring (bicyclic) bond motifs is 1. The Balaban J connectivity index is 1.49. The Morgan fingerprint density at radius 2 is 1.70 bits per heavy atom. The van der Waals surface area contributed by atoms with E-state index in [0.717, 1.165) is 17.5 Å². The summed E-state index contributed by atoms with van der Waals surface area (Å²) in [6, 6.07) is -0.172. The van der Waals surface area contributed by atoms with Gasteiger partial charge in [-0.15, -0.1) is 0 Å². The van der Waals surface area contributed by atoms with Crippen LogP contribution in [0.3, 0.4) is 0 Å². The number of aromatic nitrogens is 2. The molecule has 3 aliphatic heterocycles. The minimum atomic E-state index is -4.36. The van der Waals surface area contributed by atoms with Gasteiger partial charge in [0.2, 0.25) is 0 Å². The molecule has 0 aliphatic carbocycles. The SMILES string of the molecule is CC(C)[C@@H]1C[C@H](C(F)(F)F)n2nc(C3CCN(S(=O)(=O)N4CCCC4)CC3)cc2N1. The molecule has 11 heteroatoms. The van der Waals surface area contributed by atoms with Gasteiger partial charge in [0.1, 0.15) is 5.82 Å². The van der Waals surface area contributed by atoms with Crippen molar-refractivity contribution in [2.75, 3.05) is 31.5 Å². The Morgan fingerprint density at radius 1 is 1.10 bits per heavy atom. The summed E-state index contributed by atoms with van der Waals surface area (Å²) >= 11 is 0. The Hall–Kier alpha value is -1.33. The summed E-state index contributed by atoms with van der Waals surface area (Å²) in [7, 11) is -3.43. The molecule has 1 aromatic rings. The fourth-order valence-corrected chi connectivity index (χ4v) is 6.44. The van der Waals surface area contributed by atoms with Crippen LogP contribution in [-0.2, 0) is 10.2 Å². The number of alkyl halides is 3. The Morgan fingerprint density at radius 3 is 2.27 bits per heavy atom. The van der Waals surface area contributed by atoms with Crippen LogP contribution < -0.4 is 5.32 Å². The molecule has 4 rings (SSSR count). The number of halogens is 3. The standard InChI is InChI=1S/C19H30F3N5O2S/c1-13(2)15-11-17(19(20,21)22)27-18(23-15)12-16(24-27)14-5-9-26(10-6-14)30(28,29)25-7-3-4-8-25/h12-15,17,23H,3-11H2,1-2H3/t15-,17+/m0/s1. The molecule has 4 heterocycles. The van der Waals surface area contributed by atoms with E-state index in [1.807, 2.05) is 13.8 Å². The molecular formula is C19H30F3N5O2S. The van der Waals surface area contributed by atoms with Crippen LogP contribution >= 0.6 is 0 Å². The lowest BCUT2D eigenvalue weighted by Crippen LogP contribution is -2.45. The van der Waals surface area contributed by atoms with Crippen molar-refractivity contribution in [1.29, 1.82) is 0 Å². The molecule has 0 aromatic carbocycles. The molecule has 30 heavy (non-hydrogen) atoms. The largest absolute Gasteiger partial charge is 0.410 e. The molecule has 7 nitrogen and oxygen atoms in total. The average molecular weight is 450 g/mol. The van der Waals surface area contributed by atoms with Crippen LogP contribution in [0.4, 0.5) is 19.0 Å². The maximum absolute atomic E-state index is 13.7. The lowest BCUT2D eigenvalue weighted by atomic mass is 9.94. The summed E-state index contributed by atoms with van der Waals surface area (Å²) in [5.41, 5.74) is 0.620. The molecule has 170 valence electrons. The lowest BCUT2D eigenvalue weighted by Gasteiger charge is -2.35. The molecule has 0 saturated carbocycles. The third-order valence-electron chi connectivity index (χ3n) is 6.63. The molecule has 1 N–H and O–H groups in total. The zero-order chi connectivity index (χ0) is 21.7. The van der Waals surface area contributed by atoms with Crippen LogP contribution in [0.15, 0.2) is 6.07 Å². The highest BCUT2D eigenvalue weighted by Gasteiger charge is 2.47. The van der Waals surface area contributed by atoms with E-state index in [9.17, 15) is 21.6 Å². The summed E-state index contributed by atoms with van der Waals surface area (Å²) < 4.78 is 70.6. The number of nitrogens with one attached hydrogen (secondary N) is 1. The monoisotopic (exact) mass is 449 g/mol. The van der Waals surface area contributed by atoms with E-state index < -0.39 is 22.4 Å². The van der Waals surface area contributed by atoms with Gasteiger partial charge in [0, 0.05) is 44.2 Å². The number of rotatable bonds is 4. The van der Waals surface area contributed by atoms with Crippen molar-refractivity contribution in [1.82, 2.24) is 18.4 Å². The van der Waals surface area contributed by atoms with Crippen LogP contribution in [0.1, 0.15) is 63.6 Å². The van der Waals surface area contributed by atoms with Gasteiger partial charge >= 0.3 is 6.18 Å². The van der Waals surface area contributed by atoms with E-state index in [0.29, 0.717) is 50.5 Å². The first-order valence-corrected chi connectivity index (χ1v) is 12.1. The molecular weight excluding hydrogens is 419 g/mol. The van der Waals surface area contributed by atoms with E-state index in [1.165, 1.54) is 8.61 Å². The molecule has 0 radical (unpaired) electrons. The normalized spacial score (nSPS) is 27.4. The lowest BCUT2D eigenvalue weighted by molar-refractivity contribution is -0.174. The molecule has 0 bridgehead atoms. The number of hydrogen-bond donors (Lipinski definition) is 1. The summed E-state index contributed by atoms with van der Waals surface area (Å²) in [5.74, 6) is 0.437. The fourth-order valence-electron chi connectivity index (χ4n) is 4.72. The number of nitrogens with zero attached hydrogens (tertiary/aromatic N) is 4. The zero-order valence-corrected chi connectivity index (χ0v) is 18.2. The van der Waals surface area contributed by atoms with Crippen LogP contribution in [0.5, 0.6) is 0 Å². The molecule has 2 saturated heterocycles. The van der Waals surface area contributed by atoms with E-state index >= 15 is 0 Å². The van der Waals surface area contributed by atoms with Crippen LogP contribution in [0, 0.1) is 5.92 Å². The second-order valence-corrected chi connectivity index (χ2v) is 10.9. The quantitative estimate of drug-likeness (QED) is 0.766. The first-order valence-electron chi connectivity index (χ1n) is 10.8. The minimum Gasteiger partial charge on any atom is -0.367 e. The van der Waals surface area contributed by atoms with E-state index in [4.69, 9.17) is 0 Å². The predicted octanol–water partition coefficient (Wildman–Crippen LogP) is 3.35. The van der Waals surface area contributed by atoms with E-state index in [-0.39, 0.29) is 24.3 Å². The average Bonchev–Trinajstić information content (AvgIpc) is 3.36. The smallest absolute Gasteiger partial charge is 0.367 e. The molecule has 2 fully saturated rings. The van der Waals surface area contributed by atoms with Gasteiger partial charge in [0.15, 0.2) is 6.04 Å². The molecule has 0 unspecified atom stereocenters. The van der Waals surface area contributed by atoms with Gasteiger partial charge in [0.25, 0.3) is 10.2 Å². The highest BCUT2D eigenvalue weighted by Crippen LogP contribution is 2.42. The van der Waals surface area contributed by atoms with Crippen molar-refractivity contribution in [3.05, 3.63) is 11.8 Å². The van der Waals surface area contributed by atoms with Crippen LogP contribution in [0.25, 0.3) is 0 Å². The molecule has 0 spiro atoms. The van der Waals surface area contributed by atoms with Crippen molar-refractivity contribution < 1.29 is 21.6 Å². The predicted molar refractivity (Wildman–Crippen MR) is 107 cm³/mol. The van der Waals surface area contributed by atoms with Gasteiger partial charge in [-0.2, -0.15) is 35.3 Å². The third-order valence-corrected chi connectivity index (χ3v) is 8.67. The Kier molecular flexibility index (Phi) is 5.82. The topological polar surface area (TPSA) is 70.5 Å². The van der Waals surface area contributed by atoms with Gasteiger partial charge < -0.3 is 5.32 Å². The Bertz CT molecular complexity index is 856. The van der Waals surface area contributed by atoms with Crippen LogP contribution in [0.2, 0.25) is 0 Å². The second-order valence-electron chi connectivity index (χ2n) is 8.97. The zero-order valence-electron chi connectivity index (χ0n) is 17.4. The van der Waals surface area contributed by atoms with Crippen LogP contribution in [-0.4, -0.2) is 65.2 Å². The maximum Gasteiger partial charge on any atom is 0.410 e. The number of hydrogen-bond acceptors (Lipinski definition) is 4. The van der Waals surface area contributed by atoms with Gasteiger partial charge in [-0.25, -0.2) is 4.68 Å². The summed E-state index contributed by atoms with van der Waals surface area (Å²) in [5, 5.41) is 7.55. The number of anilines is 1. The van der Waals surface area contributed by atoms with Gasteiger partial charge in [-0.3, -0.25) is 0 Å². The molecule has 1 aromatic heterocycles. The third kappa shape index (κ3) is 4.08. The van der Waals surface area contributed by atoms with Gasteiger partial charge in [-0.1, -0.05) is 13.8 Å². The highest BCUT2D eigenvalue weighted by molar-refractivity contribution is 7.86.